The summed E-state index contributed by atoms with van der Waals surface area (Å²) in [5.74, 6) is 1.94. The molecular weight excluding hydrogens is 210 g/mol. The molecule has 1 unspecified atom stereocenters. The van der Waals surface area contributed by atoms with Gasteiger partial charge in [-0.3, -0.25) is 0 Å². The quantitative estimate of drug-likeness (QED) is 0.859. The van der Waals surface area contributed by atoms with Gasteiger partial charge in [0.25, 0.3) is 0 Å². The van der Waals surface area contributed by atoms with Crippen molar-refractivity contribution in [2.75, 3.05) is 7.05 Å². The van der Waals surface area contributed by atoms with Gasteiger partial charge in [-0.1, -0.05) is 36.8 Å². The Hall–Kier alpha value is -1.54. The fourth-order valence-corrected chi connectivity index (χ4v) is 1.96. The Kier molecular flexibility index (Phi) is 3.64. The van der Waals surface area contributed by atoms with Crippen LogP contribution in [0.15, 0.2) is 40.8 Å². The van der Waals surface area contributed by atoms with Crippen LogP contribution in [-0.4, -0.2) is 7.05 Å². The molecule has 2 rings (SSSR count). The van der Waals surface area contributed by atoms with Crippen LogP contribution in [0.3, 0.4) is 0 Å². The van der Waals surface area contributed by atoms with Gasteiger partial charge in [0.1, 0.15) is 11.5 Å². The van der Waals surface area contributed by atoms with Crippen molar-refractivity contribution in [1.29, 1.82) is 0 Å². The zero-order chi connectivity index (χ0) is 12.3. The molecule has 0 amide bonds. The molecule has 0 fully saturated rings. The summed E-state index contributed by atoms with van der Waals surface area (Å²) in [5.41, 5.74) is 2.40. The molecule has 1 N–H and O–H groups in total. The lowest BCUT2D eigenvalue weighted by atomic mass is 10.1. The average Bonchev–Trinajstić information content (AvgIpc) is 2.81. The minimum Gasteiger partial charge on any atom is -0.459 e. The number of rotatable bonds is 4. The lowest BCUT2D eigenvalue weighted by molar-refractivity contribution is 0.431. The van der Waals surface area contributed by atoms with Gasteiger partial charge in [-0.2, -0.15) is 0 Å². The van der Waals surface area contributed by atoms with Gasteiger partial charge in [0.05, 0.1) is 6.04 Å². The number of furan rings is 1. The smallest absolute Gasteiger partial charge is 0.134 e. The van der Waals surface area contributed by atoms with Gasteiger partial charge in [-0.05, 0) is 32.5 Å². The van der Waals surface area contributed by atoms with E-state index in [1.54, 1.807) is 0 Å². The molecule has 0 radical (unpaired) electrons. The summed E-state index contributed by atoms with van der Waals surface area (Å²) >= 11 is 0. The molecule has 2 heteroatoms. The van der Waals surface area contributed by atoms with Crippen LogP contribution in [0.25, 0.3) is 11.3 Å². The molecule has 0 aliphatic rings. The second kappa shape index (κ2) is 5.19. The Labute approximate surface area is 103 Å². The molecule has 1 aromatic heterocycles. The third kappa shape index (κ3) is 2.59. The third-order valence-electron chi connectivity index (χ3n) is 3.06. The second-order valence-corrected chi connectivity index (χ2v) is 4.32. The summed E-state index contributed by atoms with van der Waals surface area (Å²) in [7, 11) is 1.96. The lowest BCUT2D eigenvalue weighted by Gasteiger charge is -2.09. The highest BCUT2D eigenvalue weighted by Gasteiger charge is 2.12. The topological polar surface area (TPSA) is 25.2 Å². The van der Waals surface area contributed by atoms with Crippen molar-refractivity contribution in [1.82, 2.24) is 5.32 Å². The Morgan fingerprint density at radius 2 is 1.82 bits per heavy atom. The van der Waals surface area contributed by atoms with Gasteiger partial charge < -0.3 is 9.73 Å². The Bertz CT molecular complexity index is 466. The average molecular weight is 229 g/mol. The summed E-state index contributed by atoms with van der Waals surface area (Å²) in [6.45, 7) is 4.24. The molecule has 1 aromatic carbocycles. The number of aryl methyl sites for hydroxylation is 1. The zero-order valence-corrected chi connectivity index (χ0v) is 10.7. The highest BCUT2D eigenvalue weighted by Crippen LogP contribution is 2.26. The second-order valence-electron chi connectivity index (χ2n) is 4.32. The molecule has 0 bridgehead atoms. The Morgan fingerprint density at radius 1 is 1.12 bits per heavy atom. The highest BCUT2D eigenvalue weighted by molar-refractivity contribution is 5.57. The lowest BCUT2D eigenvalue weighted by Crippen LogP contribution is -2.14. The summed E-state index contributed by atoms with van der Waals surface area (Å²) < 4.78 is 5.89. The summed E-state index contributed by atoms with van der Waals surface area (Å²) in [6, 6.07) is 12.8. The molecule has 2 nitrogen and oxygen atoms in total. The van der Waals surface area contributed by atoms with E-state index in [-0.39, 0.29) is 0 Å². The standard InChI is InChI=1S/C15H19NO/c1-4-13(16-3)15-10-9-14(17-15)12-7-5-11(2)6-8-12/h5-10,13,16H,4H2,1-3H3. The van der Waals surface area contributed by atoms with Crippen molar-refractivity contribution in [2.45, 2.75) is 26.3 Å². The fraction of sp³-hybridized carbons (Fsp3) is 0.333. The molecule has 90 valence electrons. The van der Waals surface area contributed by atoms with Crippen molar-refractivity contribution in [2.24, 2.45) is 0 Å². The van der Waals surface area contributed by atoms with Crippen LogP contribution >= 0.6 is 0 Å². The van der Waals surface area contributed by atoms with E-state index in [4.69, 9.17) is 4.42 Å². The Morgan fingerprint density at radius 3 is 2.41 bits per heavy atom. The van der Waals surface area contributed by atoms with Gasteiger partial charge >= 0.3 is 0 Å². The van der Waals surface area contributed by atoms with E-state index in [1.807, 2.05) is 13.1 Å². The first-order valence-electron chi connectivity index (χ1n) is 6.08. The number of hydrogen-bond acceptors (Lipinski definition) is 2. The van der Waals surface area contributed by atoms with Crippen LogP contribution in [-0.2, 0) is 0 Å². The van der Waals surface area contributed by atoms with Crippen LogP contribution in [0.2, 0.25) is 0 Å². The van der Waals surface area contributed by atoms with Crippen molar-refractivity contribution in [3.8, 4) is 11.3 Å². The van der Waals surface area contributed by atoms with Crippen LogP contribution in [0, 0.1) is 6.92 Å². The van der Waals surface area contributed by atoms with Crippen LogP contribution in [0.1, 0.15) is 30.7 Å². The van der Waals surface area contributed by atoms with Crippen LogP contribution in [0.5, 0.6) is 0 Å². The minimum absolute atomic E-state index is 0.300. The van der Waals surface area contributed by atoms with E-state index in [0.717, 1.165) is 23.5 Å². The van der Waals surface area contributed by atoms with Crippen molar-refractivity contribution in [3.05, 3.63) is 47.7 Å². The van der Waals surface area contributed by atoms with Crippen LogP contribution < -0.4 is 5.32 Å². The van der Waals surface area contributed by atoms with Crippen LogP contribution in [0.4, 0.5) is 0 Å². The summed E-state index contributed by atoms with van der Waals surface area (Å²) in [6.07, 6.45) is 1.03. The monoisotopic (exact) mass is 229 g/mol. The first kappa shape index (κ1) is 11.9. The maximum atomic E-state index is 5.89. The summed E-state index contributed by atoms with van der Waals surface area (Å²) in [4.78, 5) is 0. The predicted octanol–water partition coefficient (Wildman–Crippen LogP) is 3.93. The predicted molar refractivity (Wildman–Crippen MR) is 71.0 cm³/mol. The van der Waals surface area contributed by atoms with Gasteiger partial charge in [0.15, 0.2) is 0 Å². The first-order chi connectivity index (χ1) is 8.24. The molecule has 17 heavy (non-hydrogen) atoms. The SMILES string of the molecule is CCC(NC)c1ccc(-c2ccc(C)cc2)o1. The normalized spacial score (nSPS) is 12.6. The maximum Gasteiger partial charge on any atom is 0.134 e. The molecule has 1 atom stereocenters. The molecule has 0 aliphatic heterocycles. The van der Waals surface area contributed by atoms with E-state index in [2.05, 4.69) is 49.5 Å². The molecule has 2 aromatic rings. The number of nitrogens with one attached hydrogen (secondary N) is 1. The zero-order valence-electron chi connectivity index (χ0n) is 10.7. The van der Waals surface area contributed by atoms with Crippen molar-refractivity contribution >= 4 is 0 Å². The molecule has 1 heterocycles. The molecule has 0 spiro atoms. The molecule has 0 aliphatic carbocycles. The van der Waals surface area contributed by atoms with E-state index >= 15 is 0 Å². The first-order valence-corrected chi connectivity index (χ1v) is 6.08. The molecule has 0 saturated heterocycles. The number of hydrogen-bond donors (Lipinski definition) is 1. The molecule has 0 saturated carbocycles. The van der Waals surface area contributed by atoms with Gasteiger partial charge in [-0.15, -0.1) is 0 Å². The van der Waals surface area contributed by atoms with E-state index in [0.29, 0.717) is 6.04 Å². The largest absolute Gasteiger partial charge is 0.459 e. The number of benzene rings is 1. The van der Waals surface area contributed by atoms with E-state index in [9.17, 15) is 0 Å². The Balaban J connectivity index is 2.26. The fourth-order valence-electron chi connectivity index (χ4n) is 1.96. The highest BCUT2D eigenvalue weighted by atomic mass is 16.3. The van der Waals surface area contributed by atoms with Crippen molar-refractivity contribution < 1.29 is 4.42 Å². The summed E-state index contributed by atoms with van der Waals surface area (Å²) in [5, 5.41) is 3.25. The minimum atomic E-state index is 0.300. The van der Waals surface area contributed by atoms with E-state index in [1.165, 1.54) is 5.56 Å². The van der Waals surface area contributed by atoms with Crippen molar-refractivity contribution in [3.63, 3.8) is 0 Å². The van der Waals surface area contributed by atoms with Gasteiger partial charge in [-0.25, -0.2) is 0 Å². The van der Waals surface area contributed by atoms with E-state index < -0.39 is 0 Å². The molecular formula is C15H19NO. The third-order valence-corrected chi connectivity index (χ3v) is 3.06. The maximum absolute atomic E-state index is 5.89. The van der Waals surface area contributed by atoms with Gasteiger partial charge in [0.2, 0.25) is 0 Å². The van der Waals surface area contributed by atoms with Gasteiger partial charge in [0, 0.05) is 5.56 Å².